The van der Waals surface area contributed by atoms with Crippen molar-refractivity contribution >= 4 is 23.8 Å². The van der Waals surface area contributed by atoms with Gasteiger partial charge in [-0.15, -0.1) is 0 Å². The lowest BCUT2D eigenvalue weighted by Gasteiger charge is -2.34. The summed E-state index contributed by atoms with van der Waals surface area (Å²) in [5.41, 5.74) is -0.648. The van der Waals surface area contributed by atoms with Crippen LogP contribution in [0.15, 0.2) is 24.3 Å². The van der Waals surface area contributed by atoms with Gasteiger partial charge in [-0.3, -0.25) is 24.2 Å². The number of nitrogens with zero attached hydrogens (tertiary/aromatic N) is 3. The molecule has 0 spiro atoms. The van der Waals surface area contributed by atoms with E-state index in [0.29, 0.717) is 0 Å². The van der Waals surface area contributed by atoms with E-state index in [9.17, 15) is 19.2 Å². The molecular weight excluding hydrogens is 486 g/mol. The van der Waals surface area contributed by atoms with Crippen LogP contribution in [0, 0.1) is 0 Å². The number of aliphatic carboxylic acids is 3. The van der Waals surface area contributed by atoms with Gasteiger partial charge in [0.1, 0.15) is 0 Å². The highest BCUT2D eigenvalue weighted by Crippen LogP contribution is 2.27. The molecule has 0 radical (unpaired) electrons. The van der Waals surface area contributed by atoms with E-state index in [4.69, 9.17) is 25.2 Å². The van der Waals surface area contributed by atoms with Crippen molar-refractivity contribution in [1.82, 2.24) is 14.7 Å². The summed E-state index contributed by atoms with van der Waals surface area (Å²) in [5.74, 6) is -4.84. The molecule has 1 aliphatic carbocycles. The molecule has 4 N–H and O–H groups in total. The van der Waals surface area contributed by atoms with Crippen molar-refractivity contribution in [3.8, 4) is 0 Å². The van der Waals surface area contributed by atoms with Gasteiger partial charge in [-0.2, -0.15) is 0 Å². The summed E-state index contributed by atoms with van der Waals surface area (Å²) in [6.45, 7) is 8.37. The van der Waals surface area contributed by atoms with Crippen molar-refractivity contribution in [3.63, 3.8) is 0 Å². The number of carbonyl (C=O) groups is 4. The van der Waals surface area contributed by atoms with Crippen LogP contribution in [0.2, 0.25) is 0 Å². The zero-order chi connectivity index (χ0) is 27.0. The molecule has 0 aromatic heterocycles. The van der Waals surface area contributed by atoms with E-state index in [1.807, 2.05) is 17.0 Å². The number of carboxylic acids is 3. The lowest BCUT2D eigenvalue weighted by molar-refractivity contribution is -0.170. The summed E-state index contributed by atoms with van der Waals surface area (Å²) >= 11 is 0. The maximum absolute atomic E-state index is 12.7. The van der Waals surface area contributed by atoms with E-state index in [2.05, 4.69) is 21.9 Å². The predicted octanol–water partition coefficient (Wildman–Crippen LogP) is 0.191. The molecule has 37 heavy (non-hydrogen) atoms. The number of carboxylic acid groups (broad SMARTS) is 3. The zero-order valence-electron chi connectivity index (χ0n) is 20.8. The quantitative estimate of drug-likeness (QED) is 0.350. The zero-order valence-corrected chi connectivity index (χ0v) is 20.8. The summed E-state index contributed by atoms with van der Waals surface area (Å²) in [5, 5.41) is 33.8. The molecule has 3 fully saturated rings. The number of rotatable bonds is 9. The average Bonchev–Trinajstić information content (AvgIpc) is 3.70. The SMILES string of the molecule is O=C(O)CC(O)(CC(=O)O)C(=O)O.O=C(c1ccc(CN2CCOCC2)cc1)N1CCN(C2CC2)CC1. The van der Waals surface area contributed by atoms with Crippen LogP contribution >= 0.6 is 0 Å². The Bertz CT molecular complexity index is 935. The largest absolute Gasteiger partial charge is 0.481 e. The highest BCUT2D eigenvalue weighted by atomic mass is 16.5. The number of amides is 1. The van der Waals surface area contributed by atoms with Crippen LogP contribution in [-0.2, 0) is 25.7 Å². The Labute approximate surface area is 215 Å². The van der Waals surface area contributed by atoms with Crippen molar-refractivity contribution in [2.75, 3.05) is 52.5 Å². The van der Waals surface area contributed by atoms with Crippen molar-refractivity contribution in [1.29, 1.82) is 0 Å². The second-order valence-electron chi connectivity index (χ2n) is 9.62. The molecule has 2 aliphatic heterocycles. The molecule has 0 unspecified atom stereocenters. The topological polar surface area (TPSA) is 168 Å². The minimum atomic E-state index is -2.74. The van der Waals surface area contributed by atoms with Crippen LogP contribution in [0.4, 0.5) is 0 Å². The van der Waals surface area contributed by atoms with E-state index in [1.165, 1.54) is 18.4 Å². The Kier molecular flexibility index (Phi) is 9.98. The Hall–Kier alpha value is -3.06. The predicted molar refractivity (Wildman–Crippen MR) is 130 cm³/mol. The first-order valence-electron chi connectivity index (χ1n) is 12.4. The molecule has 12 nitrogen and oxygen atoms in total. The second-order valence-corrected chi connectivity index (χ2v) is 9.62. The van der Waals surface area contributed by atoms with Gasteiger partial charge in [0.2, 0.25) is 0 Å². The molecule has 2 heterocycles. The first-order valence-corrected chi connectivity index (χ1v) is 12.4. The highest BCUT2D eigenvalue weighted by Gasteiger charge is 2.40. The molecule has 1 amide bonds. The van der Waals surface area contributed by atoms with Crippen LogP contribution in [0.25, 0.3) is 0 Å². The maximum atomic E-state index is 12.7. The normalized spacial score (nSPS) is 19.0. The molecular formula is C25H35N3O9. The van der Waals surface area contributed by atoms with Gasteiger partial charge < -0.3 is 30.1 Å². The maximum Gasteiger partial charge on any atom is 0.336 e. The molecule has 1 aromatic carbocycles. The fourth-order valence-electron chi connectivity index (χ4n) is 4.40. The van der Waals surface area contributed by atoms with Crippen molar-refractivity contribution < 1.29 is 44.3 Å². The highest BCUT2D eigenvalue weighted by molar-refractivity contribution is 5.94. The smallest absolute Gasteiger partial charge is 0.336 e. The Morgan fingerprint density at radius 3 is 1.84 bits per heavy atom. The van der Waals surface area contributed by atoms with Crippen LogP contribution in [0.3, 0.4) is 0 Å². The minimum Gasteiger partial charge on any atom is -0.481 e. The molecule has 3 aliphatic rings. The fraction of sp³-hybridized carbons (Fsp3) is 0.600. The van der Waals surface area contributed by atoms with Crippen molar-refractivity contribution in [2.45, 2.75) is 43.9 Å². The number of ether oxygens (including phenoxy) is 1. The van der Waals surface area contributed by atoms with Crippen LogP contribution in [0.5, 0.6) is 0 Å². The van der Waals surface area contributed by atoms with Crippen LogP contribution in [-0.4, -0.2) is 123 Å². The second kappa shape index (κ2) is 13.0. The first-order chi connectivity index (χ1) is 17.6. The van der Waals surface area contributed by atoms with Gasteiger partial charge in [-0.25, -0.2) is 4.79 Å². The Morgan fingerprint density at radius 2 is 1.38 bits per heavy atom. The third-order valence-electron chi connectivity index (χ3n) is 6.66. The molecule has 204 valence electrons. The average molecular weight is 522 g/mol. The van der Waals surface area contributed by atoms with Gasteiger partial charge in [-0.1, -0.05) is 12.1 Å². The van der Waals surface area contributed by atoms with Gasteiger partial charge in [0, 0.05) is 57.4 Å². The number of benzene rings is 1. The van der Waals surface area contributed by atoms with Crippen molar-refractivity contribution in [2.24, 2.45) is 0 Å². The molecule has 12 heteroatoms. The van der Waals surface area contributed by atoms with Gasteiger partial charge in [-0.05, 0) is 30.5 Å². The third kappa shape index (κ3) is 8.78. The summed E-state index contributed by atoms with van der Waals surface area (Å²) in [4.78, 5) is 50.1. The summed E-state index contributed by atoms with van der Waals surface area (Å²) in [7, 11) is 0. The molecule has 1 saturated carbocycles. The number of carbonyl (C=O) groups excluding carboxylic acids is 1. The molecule has 1 aromatic rings. The van der Waals surface area contributed by atoms with Crippen LogP contribution < -0.4 is 0 Å². The Balaban J connectivity index is 0.000000251. The molecule has 0 bridgehead atoms. The van der Waals surface area contributed by atoms with E-state index >= 15 is 0 Å². The van der Waals surface area contributed by atoms with E-state index in [1.54, 1.807) is 0 Å². The molecule has 4 rings (SSSR count). The number of hydrogen-bond donors (Lipinski definition) is 4. The molecule has 0 atom stereocenters. The lowest BCUT2D eigenvalue weighted by Crippen LogP contribution is -2.49. The Morgan fingerprint density at radius 1 is 0.838 bits per heavy atom. The summed E-state index contributed by atoms with van der Waals surface area (Å²) in [6, 6.07) is 8.99. The summed E-state index contributed by atoms with van der Waals surface area (Å²) in [6.07, 6.45) is 0.403. The third-order valence-corrected chi connectivity index (χ3v) is 6.66. The van der Waals surface area contributed by atoms with E-state index in [-0.39, 0.29) is 5.91 Å². The number of aliphatic hydroxyl groups is 1. The standard InChI is InChI=1S/C19H27N3O2.C6H8O7/c23-19(22-9-7-21(8-10-22)18-5-6-18)17-3-1-16(2-4-17)15-20-11-13-24-14-12-20;7-3(8)1-6(13,5(11)12)2-4(9)10/h1-4,18H,5-15H2;13H,1-2H2,(H,7,8)(H,9,10)(H,11,12). The first kappa shape index (κ1) is 28.5. The molecule has 2 saturated heterocycles. The van der Waals surface area contributed by atoms with Crippen molar-refractivity contribution in [3.05, 3.63) is 35.4 Å². The number of hydrogen-bond acceptors (Lipinski definition) is 8. The van der Waals surface area contributed by atoms with Gasteiger partial charge in [0.15, 0.2) is 5.60 Å². The van der Waals surface area contributed by atoms with Gasteiger partial charge in [0.05, 0.1) is 26.1 Å². The minimum absolute atomic E-state index is 0.184. The van der Waals surface area contributed by atoms with E-state index in [0.717, 1.165) is 70.6 Å². The van der Waals surface area contributed by atoms with Gasteiger partial charge in [0.25, 0.3) is 5.91 Å². The fourth-order valence-corrected chi connectivity index (χ4v) is 4.40. The number of morpholine rings is 1. The van der Waals surface area contributed by atoms with Crippen LogP contribution in [0.1, 0.15) is 41.6 Å². The monoisotopic (exact) mass is 521 g/mol. The summed E-state index contributed by atoms with van der Waals surface area (Å²) < 4.78 is 5.39. The van der Waals surface area contributed by atoms with E-state index < -0.39 is 36.4 Å². The lowest BCUT2D eigenvalue weighted by atomic mass is 9.96. The number of piperazine rings is 1. The van der Waals surface area contributed by atoms with Gasteiger partial charge >= 0.3 is 17.9 Å².